The van der Waals surface area contributed by atoms with Crippen molar-refractivity contribution in [3.05, 3.63) is 46.2 Å². The molecule has 0 aromatic rings. The van der Waals surface area contributed by atoms with Gasteiger partial charge in [-0.25, -0.2) is 4.39 Å². The number of likely N-dealkylation sites (tertiary alicyclic amines) is 1. The van der Waals surface area contributed by atoms with Crippen molar-refractivity contribution < 1.29 is 9.18 Å². The quantitative estimate of drug-likeness (QED) is 0.799. The van der Waals surface area contributed by atoms with E-state index in [0.29, 0.717) is 25.3 Å². The van der Waals surface area contributed by atoms with Crippen molar-refractivity contribution in [2.24, 2.45) is 10.9 Å². The SMILES string of the molecule is CN1CCC(C2=NC3CC=C(C(=O)NCC4=CC=C(F)CC4)C=C3S2)CC1. The first-order chi connectivity index (χ1) is 13.1. The van der Waals surface area contributed by atoms with E-state index in [1.165, 1.54) is 28.9 Å². The number of hydrogen-bond acceptors (Lipinski definition) is 4. The number of aliphatic imine (C=N–C) groups is 1. The van der Waals surface area contributed by atoms with Gasteiger partial charge >= 0.3 is 0 Å². The predicted octanol–water partition coefficient (Wildman–Crippen LogP) is 3.75. The molecule has 0 spiro atoms. The van der Waals surface area contributed by atoms with E-state index < -0.39 is 0 Å². The zero-order valence-corrected chi connectivity index (χ0v) is 16.5. The number of thioether (sulfide) groups is 1. The van der Waals surface area contributed by atoms with Gasteiger partial charge in [0.2, 0.25) is 0 Å². The maximum absolute atomic E-state index is 13.1. The van der Waals surface area contributed by atoms with Crippen molar-refractivity contribution in [1.29, 1.82) is 0 Å². The van der Waals surface area contributed by atoms with Crippen LogP contribution in [0.1, 0.15) is 32.1 Å². The highest BCUT2D eigenvalue weighted by Crippen LogP contribution is 2.41. The Bertz CT molecular complexity index is 772. The lowest BCUT2D eigenvalue weighted by atomic mass is 9.98. The molecular formula is C21H26FN3OS. The summed E-state index contributed by atoms with van der Waals surface area (Å²) in [6, 6.07) is 0.204. The monoisotopic (exact) mass is 387 g/mol. The lowest BCUT2D eigenvalue weighted by Gasteiger charge is -2.28. The molecule has 1 N–H and O–H groups in total. The van der Waals surface area contributed by atoms with Gasteiger partial charge in [0.15, 0.2) is 0 Å². The van der Waals surface area contributed by atoms with Crippen LogP contribution >= 0.6 is 11.8 Å². The predicted molar refractivity (Wildman–Crippen MR) is 109 cm³/mol. The van der Waals surface area contributed by atoms with Gasteiger partial charge in [0.1, 0.15) is 5.83 Å². The minimum absolute atomic E-state index is 0.0507. The molecule has 4 aliphatic rings. The standard InChI is InChI=1S/C21H26FN3OS/c1-25-10-8-15(9-11-25)21-24-18-7-4-16(12-19(18)27-21)20(26)23-13-14-2-5-17(22)6-3-14/h2,4-5,12,15,18H,3,6-11,13H2,1H3,(H,23,26). The Morgan fingerprint density at radius 2 is 2.15 bits per heavy atom. The number of nitrogens with zero attached hydrogens (tertiary/aromatic N) is 2. The van der Waals surface area contributed by atoms with Crippen LogP contribution in [0.5, 0.6) is 0 Å². The van der Waals surface area contributed by atoms with Gasteiger partial charge in [-0.2, -0.15) is 0 Å². The lowest BCUT2D eigenvalue weighted by Crippen LogP contribution is -2.32. The van der Waals surface area contributed by atoms with Crippen LogP contribution in [0, 0.1) is 5.92 Å². The zero-order valence-electron chi connectivity index (χ0n) is 15.7. The Morgan fingerprint density at radius 3 is 2.89 bits per heavy atom. The highest BCUT2D eigenvalue weighted by Gasteiger charge is 2.32. The number of amides is 1. The van der Waals surface area contributed by atoms with Crippen molar-refractivity contribution in [2.45, 2.75) is 38.1 Å². The summed E-state index contributed by atoms with van der Waals surface area (Å²) < 4.78 is 13.1. The Hall–Kier alpha value is -1.66. The average Bonchev–Trinajstić information content (AvgIpc) is 3.11. The molecule has 1 saturated heterocycles. The number of rotatable bonds is 4. The number of hydrogen-bond donors (Lipinski definition) is 1. The fourth-order valence-electron chi connectivity index (χ4n) is 3.88. The molecule has 2 aliphatic heterocycles. The fourth-order valence-corrected chi connectivity index (χ4v) is 5.17. The topological polar surface area (TPSA) is 44.7 Å². The van der Waals surface area contributed by atoms with Gasteiger partial charge in [0.25, 0.3) is 5.91 Å². The van der Waals surface area contributed by atoms with Crippen molar-refractivity contribution in [1.82, 2.24) is 10.2 Å². The van der Waals surface area contributed by atoms with Crippen LogP contribution < -0.4 is 5.32 Å². The molecule has 4 rings (SSSR count). The average molecular weight is 388 g/mol. The Balaban J connectivity index is 1.33. The smallest absolute Gasteiger partial charge is 0.251 e. The van der Waals surface area contributed by atoms with E-state index in [-0.39, 0.29) is 17.8 Å². The third kappa shape index (κ3) is 4.43. The maximum atomic E-state index is 13.1. The highest BCUT2D eigenvalue weighted by atomic mass is 32.2. The van der Waals surface area contributed by atoms with Crippen LogP contribution in [0.4, 0.5) is 4.39 Å². The second kappa shape index (κ2) is 8.15. The van der Waals surface area contributed by atoms with Crippen molar-refractivity contribution in [3.8, 4) is 0 Å². The van der Waals surface area contributed by atoms with E-state index in [0.717, 1.165) is 30.7 Å². The summed E-state index contributed by atoms with van der Waals surface area (Å²) in [5.74, 6) is 0.432. The highest BCUT2D eigenvalue weighted by molar-refractivity contribution is 8.17. The van der Waals surface area contributed by atoms with E-state index in [1.54, 1.807) is 17.8 Å². The van der Waals surface area contributed by atoms with Gasteiger partial charge in [0.05, 0.1) is 11.1 Å². The molecule has 1 amide bonds. The minimum atomic E-state index is -0.0884. The second-order valence-electron chi connectivity index (χ2n) is 7.73. The van der Waals surface area contributed by atoms with E-state index in [2.05, 4.69) is 17.3 Å². The van der Waals surface area contributed by atoms with Crippen LogP contribution in [-0.2, 0) is 4.79 Å². The summed E-state index contributed by atoms with van der Waals surface area (Å²) >= 11 is 1.78. The van der Waals surface area contributed by atoms with Crippen molar-refractivity contribution >= 4 is 22.7 Å². The molecule has 1 atom stereocenters. The zero-order chi connectivity index (χ0) is 18.8. The number of carbonyl (C=O) groups is 1. The van der Waals surface area contributed by atoms with Crippen LogP contribution in [0.25, 0.3) is 0 Å². The van der Waals surface area contributed by atoms with Crippen LogP contribution in [0.15, 0.2) is 51.2 Å². The molecule has 1 fully saturated rings. The Kier molecular flexibility index (Phi) is 5.64. The van der Waals surface area contributed by atoms with E-state index in [1.807, 2.05) is 12.2 Å². The van der Waals surface area contributed by atoms with Crippen LogP contribution in [0.2, 0.25) is 0 Å². The third-order valence-electron chi connectivity index (χ3n) is 5.68. The molecule has 0 saturated carbocycles. The molecule has 144 valence electrons. The first-order valence-electron chi connectivity index (χ1n) is 9.76. The second-order valence-corrected chi connectivity index (χ2v) is 8.82. The minimum Gasteiger partial charge on any atom is -0.348 e. The summed E-state index contributed by atoms with van der Waals surface area (Å²) in [6.45, 7) is 2.75. The van der Waals surface area contributed by atoms with E-state index >= 15 is 0 Å². The van der Waals surface area contributed by atoms with Crippen LogP contribution in [-0.4, -0.2) is 48.6 Å². The lowest BCUT2D eigenvalue weighted by molar-refractivity contribution is -0.117. The van der Waals surface area contributed by atoms with Crippen molar-refractivity contribution in [2.75, 3.05) is 26.7 Å². The van der Waals surface area contributed by atoms with E-state index in [4.69, 9.17) is 4.99 Å². The molecule has 2 heterocycles. The van der Waals surface area contributed by atoms with Crippen molar-refractivity contribution in [3.63, 3.8) is 0 Å². The summed E-state index contributed by atoms with van der Waals surface area (Å²) in [6.07, 6.45) is 11.5. The van der Waals surface area contributed by atoms with E-state index in [9.17, 15) is 9.18 Å². The first-order valence-corrected chi connectivity index (χ1v) is 10.6. The maximum Gasteiger partial charge on any atom is 0.251 e. The summed E-state index contributed by atoms with van der Waals surface area (Å²) in [7, 11) is 2.17. The molecule has 0 aromatic heterocycles. The van der Waals surface area contributed by atoms with Gasteiger partial charge in [-0.3, -0.25) is 9.79 Å². The van der Waals surface area contributed by atoms with Gasteiger partial charge in [-0.1, -0.05) is 29.5 Å². The molecule has 0 aromatic carbocycles. The van der Waals surface area contributed by atoms with Gasteiger partial charge in [-0.15, -0.1) is 0 Å². The first kappa shape index (κ1) is 18.7. The number of fused-ring (bicyclic) bond motifs is 1. The number of allylic oxidation sites excluding steroid dienone is 3. The van der Waals surface area contributed by atoms with Crippen LogP contribution in [0.3, 0.4) is 0 Å². The molecule has 27 heavy (non-hydrogen) atoms. The Morgan fingerprint density at radius 1 is 1.33 bits per heavy atom. The molecule has 4 nitrogen and oxygen atoms in total. The Labute approximate surface area is 164 Å². The molecular weight excluding hydrogens is 361 g/mol. The largest absolute Gasteiger partial charge is 0.348 e. The number of nitrogens with one attached hydrogen (secondary N) is 1. The summed E-state index contributed by atoms with van der Waals surface area (Å²) in [5.41, 5.74) is 1.79. The summed E-state index contributed by atoms with van der Waals surface area (Å²) in [5, 5.41) is 4.23. The number of piperidine rings is 1. The molecule has 1 unspecified atom stereocenters. The number of carbonyl (C=O) groups excluding carboxylic acids is 1. The fraction of sp³-hybridized carbons (Fsp3) is 0.524. The van der Waals surface area contributed by atoms with Gasteiger partial charge < -0.3 is 10.2 Å². The number of halogens is 1. The molecule has 0 bridgehead atoms. The molecule has 0 radical (unpaired) electrons. The summed E-state index contributed by atoms with van der Waals surface area (Å²) in [4.78, 5) is 21.0. The van der Waals surface area contributed by atoms with Gasteiger partial charge in [-0.05, 0) is 58.0 Å². The molecule has 6 heteroatoms. The molecule has 2 aliphatic carbocycles. The van der Waals surface area contributed by atoms with Gasteiger partial charge in [0, 0.05) is 29.4 Å². The third-order valence-corrected chi connectivity index (χ3v) is 6.96. The normalized spacial score (nSPS) is 26.4.